The zero-order valence-electron chi connectivity index (χ0n) is 11.7. The number of carbonyl (C=O) groups excluding carboxylic acids is 1. The molecular formula is C15H22N2O3. The van der Waals surface area contributed by atoms with Crippen molar-refractivity contribution in [1.82, 2.24) is 4.90 Å². The standard InChI is InChI=1S/C15H22N2O3/c16-7-9-17(8-6-13-4-2-1-3-5-13)15(18)14-12-19-10-11-20-14/h1-5,14H,6-12,16H2. The molecule has 0 bridgehead atoms. The van der Waals surface area contributed by atoms with E-state index in [9.17, 15) is 4.79 Å². The average molecular weight is 278 g/mol. The van der Waals surface area contributed by atoms with Gasteiger partial charge in [0.15, 0.2) is 6.10 Å². The molecule has 2 rings (SSSR count). The van der Waals surface area contributed by atoms with Crippen LogP contribution in [0.1, 0.15) is 5.56 Å². The minimum atomic E-state index is -0.480. The summed E-state index contributed by atoms with van der Waals surface area (Å²) in [5.41, 5.74) is 6.81. The first-order valence-electron chi connectivity index (χ1n) is 7.03. The second-order valence-electron chi connectivity index (χ2n) is 4.78. The van der Waals surface area contributed by atoms with Crippen LogP contribution in [0.25, 0.3) is 0 Å². The van der Waals surface area contributed by atoms with Crippen LogP contribution in [0.5, 0.6) is 0 Å². The van der Waals surface area contributed by atoms with E-state index in [4.69, 9.17) is 15.2 Å². The minimum absolute atomic E-state index is 0.0221. The van der Waals surface area contributed by atoms with E-state index in [0.29, 0.717) is 39.5 Å². The van der Waals surface area contributed by atoms with Gasteiger partial charge in [0.2, 0.25) is 0 Å². The molecule has 0 aliphatic carbocycles. The van der Waals surface area contributed by atoms with Gasteiger partial charge in [0.1, 0.15) is 0 Å². The highest BCUT2D eigenvalue weighted by molar-refractivity contribution is 5.81. The summed E-state index contributed by atoms with van der Waals surface area (Å²) in [6.45, 7) is 3.03. The van der Waals surface area contributed by atoms with Gasteiger partial charge >= 0.3 is 0 Å². The fraction of sp³-hybridized carbons (Fsp3) is 0.533. The number of carbonyl (C=O) groups is 1. The second-order valence-corrected chi connectivity index (χ2v) is 4.78. The average Bonchev–Trinajstić information content (AvgIpc) is 2.52. The lowest BCUT2D eigenvalue weighted by Crippen LogP contribution is -2.47. The summed E-state index contributed by atoms with van der Waals surface area (Å²) >= 11 is 0. The molecule has 1 aliphatic heterocycles. The number of nitrogens with two attached hydrogens (primary N) is 1. The fourth-order valence-corrected chi connectivity index (χ4v) is 2.23. The maximum atomic E-state index is 12.4. The van der Waals surface area contributed by atoms with Crippen LogP contribution in [0.2, 0.25) is 0 Å². The third-order valence-electron chi connectivity index (χ3n) is 3.32. The van der Waals surface area contributed by atoms with Gasteiger partial charge in [0.05, 0.1) is 19.8 Å². The van der Waals surface area contributed by atoms with E-state index in [0.717, 1.165) is 6.42 Å². The summed E-state index contributed by atoms with van der Waals surface area (Å²) in [5, 5.41) is 0. The summed E-state index contributed by atoms with van der Waals surface area (Å²) < 4.78 is 10.8. The molecule has 1 atom stereocenters. The monoisotopic (exact) mass is 278 g/mol. The molecule has 1 saturated heterocycles. The lowest BCUT2D eigenvalue weighted by atomic mass is 10.1. The Morgan fingerprint density at radius 3 is 2.70 bits per heavy atom. The maximum Gasteiger partial charge on any atom is 0.254 e. The molecule has 0 radical (unpaired) electrons. The summed E-state index contributed by atoms with van der Waals surface area (Å²) in [6.07, 6.45) is 0.339. The van der Waals surface area contributed by atoms with E-state index in [1.807, 2.05) is 18.2 Å². The number of hydrogen-bond donors (Lipinski definition) is 1. The Bertz CT molecular complexity index is 405. The number of amides is 1. The van der Waals surface area contributed by atoms with Crippen molar-refractivity contribution in [2.24, 2.45) is 5.73 Å². The predicted molar refractivity (Wildman–Crippen MR) is 76.3 cm³/mol. The third-order valence-corrected chi connectivity index (χ3v) is 3.32. The number of nitrogens with zero attached hydrogens (tertiary/aromatic N) is 1. The van der Waals surface area contributed by atoms with Crippen molar-refractivity contribution in [3.05, 3.63) is 35.9 Å². The number of hydrogen-bond acceptors (Lipinski definition) is 4. The van der Waals surface area contributed by atoms with Crippen LogP contribution >= 0.6 is 0 Å². The van der Waals surface area contributed by atoms with Crippen molar-refractivity contribution in [3.63, 3.8) is 0 Å². The Balaban J connectivity index is 1.90. The van der Waals surface area contributed by atoms with Crippen LogP contribution in [-0.2, 0) is 20.7 Å². The summed E-state index contributed by atoms with van der Waals surface area (Å²) in [6, 6.07) is 10.1. The Kier molecular flexibility index (Phi) is 5.98. The van der Waals surface area contributed by atoms with Gasteiger partial charge < -0.3 is 20.1 Å². The molecule has 0 spiro atoms. The van der Waals surface area contributed by atoms with Crippen molar-refractivity contribution in [3.8, 4) is 0 Å². The van der Waals surface area contributed by atoms with E-state index >= 15 is 0 Å². The third kappa shape index (κ3) is 4.30. The van der Waals surface area contributed by atoms with E-state index in [2.05, 4.69) is 12.1 Å². The Labute approximate surface area is 119 Å². The van der Waals surface area contributed by atoms with Gasteiger partial charge in [-0.3, -0.25) is 4.79 Å². The quantitative estimate of drug-likeness (QED) is 0.819. The Hall–Kier alpha value is -1.43. The van der Waals surface area contributed by atoms with Crippen LogP contribution in [0.4, 0.5) is 0 Å². The van der Waals surface area contributed by atoms with Crippen molar-refractivity contribution in [2.75, 3.05) is 39.5 Å². The van der Waals surface area contributed by atoms with Crippen LogP contribution < -0.4 is 5.73 Å². The van der Waals surface area contributed by atoms with Crippen molar-refractivity contribution in [2.45, 2.75) is 12.5 Å². The first kappa shape index (κ1) is 15.0. The highest BCUT2D eigenvalue weighted by atomic mass is 16.6. The van der Waals surface area contributed by atoms with E-state index in [1.165, 1.54) is 5.56 Å². The van der Waals surface area contributed by atoms with E-state index in [-0.39, 0.29) is 5.91 Å². The van der Waals surface area contributed by atoms with Gasteiger partial charge in [-0.05, 0) is 12.0 Å². The Morgan fingerprint density at radius 2 is 2.05 bits per heavy atom. The van der Waals surface area contributed by atoms with Gasteiger partial charge in [-0.25, -0.2) is 0 Å². The van der Waals surface area contributed by atoms with Gasteiger partial charge in [-0.1, -0.05) is 30.3 Å². The van der Waals surface area contributed by atoms with Crippen molar-refractivity contribution < 1.29 is 14.3 Å². The first-order chi connectivity index (χ1) is 9.81. The normalized spacial score (nSPS) is 18.8. The minimum Gasteiger partial charge on any atom is -0.376 e. The molecule has 0 aromatic heterocycles. The number of benzene rings is 1. The highest BCUT2D eigenvalue weighted by Gasteiger charge is 2.26. The zero-order chi connectivity index (χ0) is 14.2. The van der Waals surface area contributed by atoms with Crippen LogP contribution in [0.3, 0.4) is 0 Å². The molecule has 5 nitrogen and oxygen atoms in total. The maximum absolute atomic E-state index is 12.4. The summed E-state index contributed by atoms with van der Waals surface area (Å²) in [7, 11) is 0. The van der Waals surface area contributed by atoms with Gasteiger partial charge in [-0.15, -0.1) is 0 Å². The fourth-order valence-electron chi connectivity index (χ4n) is 2.23. The number of rotatable bonds is 6. The number of ether oxygens (including phenoxy) is 2. The second kappa shape index (κ2) is 7.99. The van der Waals surface area contributed by atoms with Crippen LogP contribution in [0.15, 0.2) is 30.3 Å². The van der Waals surface area contributed by atoms with Crippen molar-refractivity contribution >= 4 is 5.91 Å². The van der Waals surface area contributed by atoms with E-state index < -0.39 is 6.10 Å². The van der Waals surface area contributed by atoms with Gasteiger partial charge in [0.25, 0.3) is 5.91 Å². The van der Waals surface area contributed by atoms with Crippen LogP contribution in [0, 0.1) is 0 Å². The Morgan fingerprint density at radius 1 is 1.25 bits per heavy atom. The largest absolute Gasteiger partial charge is 0.376 e. The van der Waals surface area contributed by atoms with Gasteiger partial charge in [-0.2, -0.15) is 0 Å². The van der Waals surface area contributed by atoms with Crippen LogP contribution in [-0.4, -0.2) is 56.4 Å². The molecule has 1 aromatic carbocycles. The highest BCUT2D eigenvalue weighted by Crippen LogP contribution is 2.07. The van der Waals surface area contributed by atoms with Crippen molar-refractivity contribution in [1.29, 1.82) is 0 Å². The molecule has 110 valence electrons. The summed E-state index contributed by atoms with van der Waals surface area (Å²) in [4.78, 5) is 14.1. The lowest BCUT2D eigenvalue weighted by Gasteiger charge is -2.29. The SMILES string of the molecule is NCCN(CCc1ccccc1)C(=O)C1COCCO1. The molecule has 0 saturated carbocycles. The lowest BCUT2D eigenvalue weighted by molar-refractivity contribution is -0.157. The smallest absolute Gasteiger partial charge is 0.254 e. The molecule has 1 unspecified atom stereocenters. The molecule has 20 heavy (non-hydrogen) atoms. The molecule has 2 N–H and O–H groups in total. The predicted octanol–water partition coefficient (Wildman–Crippen LogP) is 0.432. The van der Waals surface area contributed by atoms with Gasteiger partial charge in [0, 0.05) is 19.6 Å². The topological polar surface area (TPSA) is 64.8 Å². The molecule has 1 fully saturated rings. The van der Waals surface area contributed by atoms with E-state index in [1.54, 1.807) is 4.90 Å². The molecular weight excluding hydrogens is 256 g/mol. The molecule has 1 heterocycles. The molecule has 1 aliphatic rings. The summed E-state index contributed by atoms with van der Waals surface area (Å²) in [5.74, 6) is -0.0221. The first-order valence-corrected chi connectivity index (χ1v) is 7.03. The molecule has 5 heteroatoms. The molecule has 1 amide bonds. The zero-order valence-corrected chi connectivity index (χ0v) is 11.7. The molecule has 1 aromatic rings.